The summed E-state index contributed by atoms with van der Waals surface area (Å²) in [5, 5.41) is 0. The van der Waals surface area contributed by atoms with E-state index >= 15 is 0 Å². The summed E-state index contributed by atoms with van der Waals surface area (Å²) in [5.41, 5.74) is 5.41. The molecular weight excluding hydrogens is 301 g/mol. The zero-order chi connectivity index (χ0) is 15.1. The van der Waals surface area contributed by atoms with Crippen LogP contribution in [0.1, 0.15) is 10.4 Å². The van der Waals surface area contributed by atoms with Gasteiger partial charge >= 0.3 is 6.18 Å². The molecule has 0 aromatic heterocycles. The maximum absolute atomic E-state index is 12.0. The van der Waals surface area contributed by atoms with Crippen molar-refractivity contribution in [3.63, 3.8) is 0 Å². The lowest BCUT2D eigenvalue weighted by Crippen LogP contribution is -2.34. The van der Waals surface area contributed by atoms with Gasteiger partial charge in [-0.25, -0.2) is 12.7 Å². The molecular formula is C10H9F3N2O4S. The Morgan fingerprint density at radius 1 is 1.30 bits per heavy atom. The van der Waals surface area contributed by atoms with E-state index in [1.807, 2.05) is 0 Å². The zero-order valence-electron chi connectivity index (χ0n) is 9.85. The first-order valence-electron chi connectivity index (χ1n) is 5.24. The van der Waals surface area contributed by atoms with Crippen molar-refractivity contribution >= 4 is 21.6 Å². The van der Waals surface area contributed by atoms with E-state index in [1.165, 1.54) is 12.1 Å². The number of hydrogen-bond acceptors (Lipinski definition) is 5. The minimum absolute atomic E-state index is 0.123. The van der Waals surface area contributed by atoms with Crippen LogP contribution in [-0.4, -0.2) is 38.1 Å². The molecule has 0 spiro atoms. The van der Waals surface area contributed by atoms with Gasteiger partial charge in [-0.1, -0.05) is 0 Å². The van der Waals surface area contributed by atoms with Crippen molar-refractivity contribution in [3.05, 3.63) is 23.8 Å². The Morgan fingerprint density at radius 3 is 2.55 bits per heavy atom. The minimum atomic E-state index is -4.61. The predicted molar refractivity (Wildman–Crippen MR) is 61.1 cm³/mol. The third-order valence-electron chi connectivity index (χ3n) is 2.50. The second-order valence-corrected chi connectivity index (χ2v) is 5.84. The highest BCUT2D eigenvalue weighted by Crippen LogP contribution is 2.31. The van der Waals surface area contributed by atoms with Crippen LogP contribution in [0.25, 0.3) is 0 Å². The highest BCUT2D eigenvalue weighted by atomic mass is 32.2. The molecule has 1 aromatic rings. The van der Waals surface area contributed by atoms with Crippen molar-refractivity contribution < 1.29 is 31.1 Å². The molecule has 2 N–H and O–H groups in total. The Bertz CT molecular complexity index is 657. The molecule has 0 saturated heterocycles. The van der Waals surface area contributed by atoms with Gasteiger partial charge < -0.3 is 10.5 Å². The summed E-state index contributed by atoms with van der Waals surface area (Å²) < 4.78 is 64.3. The van der Waals surface area contributed by atoms with Crippen LogP contribution in [0.4, 0.5) is 18.9 Å². The minimum Gasteiger partial charge on any atom is -0.399 e. The van der Waals surface area contributed by atoms with Gasteiger partial charge in [0.2, 0.25) is 0 Å². The largest absolute Gasteiger partial charge is 0.411 e. The third kappa shape index (κ3) is 2.56. The molecule has 1 heterocycles. The van der Waals surface area contributed by atoms with Crippen molar-refractivity contribution in [3.8, 4) is 0 Å². The highest BCUT2D eigenvalue weighted by molar-refractivity contribution is 7.90. The predicted octanol–water partition coefficient (Wildman–Crippen LogP) is 0.950. The van der Waals surface area contributed by atoms with E-state index < -0.39 is 35.4 Å². The quantitative estimate of drug-likeness (QED) is 0.840. The molecule has 1 aliphatic rings. The number of ether oxygens (including phenoxy) is 1. The van der Waals surface area contributed by atoms with Crippen molar-refractivity contribution in [2.75, 3.05) is 19.1 Å². The molecule has 0 fully saturated rings. The average molecular weight is 310 g/mol. The van der Waals surface area contributed by atoms with E-state index in [-0.39, 0.29) is 20.5 Å². The van der Waals surface area contributed by atoms with Gasteiger partial charge in [-0.3, -0.25) is 4.79 Å². The first kappa shape index (κ1) is 14.6. The Hall–Kier alpha value is -1.81. The highest BCUT2D eigenvalue weighted by Gasteiger charge is 2.42. The molecule has 0 bridgehead atoms. The van der Waals surface area contributed by atoms with Crippen molar-refractivity contribution in [2.45, 2.75) is 11.1 Å². The van der Waals surface area contributed by atoms with E-state index in [9.17, 15) is 26.4 Å². The summed E-state index contributed by atoms with van der Waals surface area (Å²) >= 11 is 0. The zero-order valence-corrected chi connectivity index (χ0v) is 10.7. The number of sulfonamides is 1. The second-order valence-electron chi connectivity index (χ2n) is 4.01. The fourth-order valence-corrected chi connectivity index (χ4v) is 3.15. The normalized spacial score (nSPS) is 17.4. The summed E-state index contributed by atoms with van der Waals surface area (Å²) in [5.74, 6) is -0.942. The summed E-state index contributed by atoms with van der Waals surface area (Å²) in [6.45, 7) is -2.65. The number of benzene rings is 1. The summed E-state index contributed by atoms with van der Waals surface area (Å²) in [4.78, 5) is 11.5. The van der Waals surface area contributed by atoms with Crippen LogP contribution in [0, 0.1) is 0 Å². The molecule has 1 aliphatic heterocycles. The summed E-state index contributed by atoms with van der Waals surface area (Å²) in [7, 11) is -4.22. The van der Waals surface area contributed by atoms with Crippen molar-refractivity contribution in [2.24, 2.45) is 0 Å². The van der Waals surface area contributed by atoms with Gasteiger partial charge in [0.1, 0.15) is 18.2 Å². The SMILES string of the molecule is Nc1ccc2c(c1)S(=O)(=O)N(COCC(F)(F)F)C2=O. The van der Waals surface area contributed by atoms with Gasteiger partial charge in [0.15, 0.2) is 0 Å². The molecule has 20 heavy (non-hydrogen) atoms. The maximum atomic E-state index is 12.0. The molecule has 0 radical (unpaired) electrons. The number of rotatable bonds is 3. The van der Waals surface area contributed by atoms with E-state index in [1.54, 1.807) is 0 Å². The molecule has 1 aromatic carbocycles. The van der Waals surface area contributed by atoms with Gasteiger partial charge in [-0.05, 0) is 18.2 Å². The number of fused-ring (bicyclic) bond motifs is 1. The standard InChI is InChI=1S/C10H9F3N2O4S/c11-10(12,13)4-19-5-15-9(16)7-2-1-6(14)3-8(7)20(15,17)18/h1-3H,4-5,14H2. The Balaban J connectivity index is 2.24. The van der Waals surface area contributed by atoms with Crippen LogP contribution in [0.5, 0.6) is 0 Å². The summed E-state index contributed by atoms with van der Waals surface area (Å²) in [6.07, 6.45) is -4.61. The smallest absolute Gasteiger partial charge is 0.399 e. The fourth-order valence-electron chi connectivity index (χ4n) is 1.66. The molecule has 0 atom stereocenters. The van der Waals surface area contributed by atoms with Crippen molar-refractivity contribution in [1.29, 1.82) is 0 Å². The first-order chi connectivity index (χ1) is 9.13. The van der Waals surface area contributed by atoms with E-state index in [2.05, 4.69) is 4.74 Å². The number of alkyl halides is 3. The molecule has 1 amide bonds. The van der Waals surface area contributed by atoms with Crippen LogP contribution in [0.15, 0.2) is 23.1 Å². The Morgan fingerprint density at radius 2 is 1.95 bits per heavy atom. The van der Waals surface area contributed by atoms with Gasteiger partial charge in [0.25, 0.3) is 15.9 Å². The van der Waals surface area contributed by atoms with E-state index in [0.29, 0.717) is 0 Å². The van der Waals surface area contributed by atoms with Crippen molar-refractivity contribution in [1.82, 2.24) is 4.31 Å². The molecule has 2 rings (SSSR count). The Labute approximate surface area is 112 Å². The maximum Gasteiger partial charge on any atom is 0.411 e. The van der Waals surface area contributed by atoms with E-state index in [0.717, 1.165) is 6.07 Å². The average Bonchev–Trinajstić information content (AvgIpc) is 2.48. The molecule has 0 aliphatic carbocycles. The van der Waals surface area contributed by atoms with E-state index in [4.69, 9.17) is 5.73 Å². The number of carbonyl (C=O) groups is 1. The van der Waals surface area contributed by atoms with Gasteiger partial charge in [0.05, 0.1) is 5.56 Å². The number of nitrogens with zero attached hydrogens (tertiary/aromatic N) is 1. The number of nitrogens with two attached hydrogens (primary N) is 1. The second kappa shape index (κ2) is 4.63. The lowest BCUT2D eigenvalue weighted by molar-refractivity contribution is -0.178. The third-order valence-corrected chi connectivity index (χ3v) is 4.25. The van der Waals surface area contributed by atoms with Crippen LogP contribution in [-0.2, 0) is 14.8 Å². The molecule has 6 nitrogen and oxygen atoms in total. The first-order valence-corrected chi connectivity index (χ1v) is 6.68. The molecule has 110 valence electrons. The number of amides is 1. The number of halogens is 3. The van der Waals surface area contributed by atoms with Gasteiger partial charge in [-0.15, -0.1) is 0 Å². The number of hydrogen-bond donors (Lipinski definition) is 1. The van der Waals surface area contributed by atoms with Crippen LogP contribution >= 0.6 is 0 Å². The molecule has 10 heteroatoms. The van der Waals surface area contributed by atoms with Gasteiger partial charge in [-0.2, -0.15) is 13.2 Å². The van der Waals surface area contributed by atoms with Crippen LogP contribution < -0.4 is 5.73 Å². The van der Waals surface area contributed by atoms with Crippen LogP contribution in [0.2, 0.25) is 0 Å². The lowest BCUT2D eigenvalue weighted by Gasteiger charge is -2.15. The molecule has 0 saturated carbocycles. The number of carbonyl (C=O) groups excluding carboxylic acids is 1. The molecule has 0 unspecified atom stereocenters. The fraction of sp³-hybridized carbons (Fsp3) is 0.300. The monoisotopic (exact) mass is 310 g/mol. The summed E-state index contributed by atoms with van der Waals surface area (Å²) in [6, 6.07) is 3.60. The Kier molecular flexibility index (Phi) is 3.38. The topological polar surface area (TPSA) is 89.7 Å². The number of anilines is 1. The number of nitrogen functional groups attached to an aromatic ring is 1. The van der Waals surface area contributed by atoms with Crippen LogP contribution in [0.3, 0.4) is 0 Å². The van der Waals surface area contributed by atoms with Gasteiger partial charge in [0, 0.05) is 5.69 Å². The lowest BCUT2D eigenvalue weighted by atomic mass is 10.2.